The van der Waals surface area contributed by atoms with Crippen LogP contribution in [0.1, 0.15) is 45.2 Å². The first-order valence-electron chi connectivity index (χ1n) is 7.76. The number of fused-ring (bicyclic) bond motifs is 1. The van der Waals surface area contributed by atoms with Crippen LogP contribution in [0.3, 0.4) is 0 Å². The molecule has 0 fully saturated rings. The van der Waals surface area contributed by atoms with Crippen molar-refractivity contribution in [2.45, 2.75) is 53.2 Å². The van der Waals surface area contributed by atoms with E-state index in [0.29, 0.717) is 6.61 Å². The van der Waals surface area contributed by atoms with Crippen LogP contribution >= 0.6 is 0 Å². The molecule has 3 heteroatoms. The van der Waals surface area contributed by atoms with E-state index in [1.54, 1.807) is 0 Å². The van der Waals surface area contributed by atoms with E-state index in [9.17, 15) is 0 Å². The highest BCUT2D eigenvalue weighted by molar-refractivity contribution is 5.48. The fraction of sp³-hybridized carbons (Fsp3) is 0.647. The van der Waals surface area contributed by atoms with Crippen molar-refractivity contribution in [1.29, 1.82) is 0 Å². The maximum atomic E-state index is 5.84. The molecule has 112 valence electrons. The van der Waals surface area contributed by atoms with Crippen molar-refractivity contribution in [2.24, 2.45) is 5.92 Å². The van der Waals surface area contributed by atoms with E-state index in [0.717, 1.165) is 36.9 Å². The molecule has 0 aromatic heterocycles. The molecular formula is C17H27NO2. The summed E-state index contributed by atoms with van der Waals surface area (Å²) in [6.45, 7) is 11.2. The zero-order valence-electron chi connectivity index (χ0n) is 13.2. The Morgan fingerprint density at radius 3 is 2.90 bits per heavy atom. The highest BCUT2D eigenvalue weighted by Crippen LogP contribution is 2.35. The fourth-order valence-electron chi connectivity index (χ4n) is 2.52. The lowest BCUT2D eigenvalue weighted by Gasteiger charge is -2.13. The summed E-state index contributed by atoms with van der Waals surface area (Å²) in [6.07, 6.45) is 2.46. The summed E-state index contributed by atoms with van der Waals surface area (Å²) in [5.41, 5.74) is 2.47. The van der Waals surface area contributed by atoms with Crippen LogP contribution in [0, 0.1) is 5.92 Å². The van der Waals surface area contributed by atoms with Crippen LogP contribution < -0.4 is 14.8 Å². The molecule has 1 aromatic rings. The van der Waals surface area contributed by atoms with Gasteiger partial charge in [-0.3, -0.25) is 0 Å². The first-order valence-corrected chi connectivity index (χ1v) is 7.76. The number of hydrogen-bond donors (Lipinski definition) is 1. The number of rotatable bonds is 7. The summed E-state index contributed by atoms with van der Waals surface area (Å²) < 4.78 is 11.6. The third-order valence-electron chi connectivity index (χ3n) is 3.59. The van der Waals surface area contributed by atoms with E-state index < -0.39 is 0 Å². The molecule has 0 saturated carbocycles. The number of nitrogens with one attached hydrogen (secondary N) is 1. The standard InChI is InChI=1S/C17H27NO2/c1-5-19-16-9-14-8-13(4)20-17(14)10-15(16)11-18-7-6-12(2)3/h9-10,12-13,18H,5-8,11H2,1-4H3. The van der Waals surface area contributed by atoms with E-state index >= 15 is 0 Å². The van der Waals surface area contributed by atoms with E-state index in [1.807, 2.05) is 6.92 Å². The minimum atomic E-state index is 0.281. The van der Waals surface area contributed by atoms with E-state index in [1.165, 1.54) is 17.5 Å². The lowest BCUT2D eigenvalue weighted by molar-refractivity contribution is 0.254. The first-order chi connectivity index (χ1) is 9.60. The van der Waals surface area contributed by atoms with Crippen LogP contribution in [0.15, 0.2) is 12.1 Å². The van der Waals surface area contributed by atoms with Crippen LogP contribution in [0.2, 0.25) is 0 Å². The van der Waals surface area contributed by atoms with Gasteiger partial charge in [-0.15, -0.1) is 0 Å². The maximum Gasteiger partial charge on any atom is 0.124 e. The molecule has 1 aliphatic rings. The number of ether oxygens (including phenoxy) is 2. The van der Waals surface area contributed by atoms with Gasteiger partial charge in [0.15, 0.2) is 0 Å². The smallest absolute Gasteiger partial charge is 0.124 e. The molecule has 0 spiro atoms. The van der Waals surface area contributed by atoms with Gasteiger partial charge < -0.3 is 14.8 Å². The van der Waals surface area contributed by atoms with E-state index in [-0.39, 0.29) is 6.10 Å². The molecule has 0 radical (unpaired) electrons. The Morgan fingerprint density at radius 1 is 1.40 bits per heavy atom. The quantitative estimate of drug-likeness (QED) is 0.773. The Labute approximate surface area is 122 Å². The second-order valence-electron chi connectivity index (χ2n) is 5.99. The van der Waals surface area contributed by atoms with Crippen LogP contribution in [0.4, 0.5) is 0 Å². The molecule has 1 N–H and O–H groups in total. The predicted molar refractivity (Wildman–Crippen MR) is 82.6 cm³/mol. The van der Waals surface area contributed by atoms with Gasteiger partial charge in [-0.2, -0.15) is 0 Å². The normalized spacial score (nSPS) is 17.1. The van der Waals surface area contributed by atoms with Gasteiger partial charge in [-0.25, -0.2) is 0 Å². The van der Waals surface area contributed by atoms with Gasteiger partial charge in [0.25, 0.3) is 0 Å². The molecule has 20 heavy (non-hydrogen) atoms. The minimum absolute atomic E-state index is 0.281. The highest BCUT2D eigenvalue weighted by atomic mass is 16.5. The topological polar surface area (TPSA) is 30.5 Å². The minimum Gasteiger partial charge on any atom is -0.494 e. The third-order valence-corrected chi connectivity index (χ3v) is 3.59. The number of benzene rings is 1. The largest absolute Gasteiger partial charge is 0.494 e. The van der Waals surface area contributed by atoms with Crippen molar-refractivity contribution >= 4 is 0 Å². The summed E-state index contributed by atoms with van der Waals surface area (Å²) >= 11 is 0. The molecule has 0 saturated heterocycles. The lowest BCUT2D eigenvalue weighted by Crippen LogP contribution is -2.17. The van der Waals surface area contributed by atoms with Crippen molar-refractivity contribution in [3.05, 3.63) is 23.3 Å². The van der Waals surface area contributed by atoms with Crippen LogP contribution in [0.5, 0.6) is 11.5 Å². The van der Waals surface area contributed by atoms with Gasteiger partial charge in [-0.05, 0) is 44.9 Å². The van der Waals surface area contributed by atoms with Crippen molar-refractivity contribution in [3.8, 4) is 11.5 Å². The van der Waals surface area contributed by atoms with Gasteiger partial charge in [0, 0.05) is 24.1 Å². The Morgan fingerprint density at radius 2 is 2.20 bits per heavy atom. The molecule has 3 nitrogen and oxygen atoms in total. The molecule has 1 unspecified atom stereocenters. The van der Waals surface area contributed by atoms with Gasteiger partial charge in [-0.1, -0.05) is 13.8 Å². The summed E-state index contributed by atoms with van der Waals surface area (Å²) in [5, 5.41) is 3.50. The van der Waals surface area contributed by atoms with Crippen LogP contribution in [0.25, 0.3) is 0 Å². The SMILES string of the molecule is CCOc1cc2c(cc1CNCCC(C)C)OC(C)C2. The second-order valence-corrected chi connectivity index (χ2v) is 5.99. The van der Waals surface area contributed by atoms with Crippen LogP contribution in [-0.2, 0) is 13.0 Å². The average molecular weight is 277 g/mol. The summed E-state index contributed by atoms with van der Waals surface area (Å²) in [6, 6.07) is 4.30. The molecule has 1 aliphatic heterocycles. The maximum absolute atomic E-state index is 5.84. The lowest BCUT2D eigenvalue weighted by atomic mass is 10.1. The van der Waals surface area contributed by atoms with Crippen molar-refractivity contribution < 1.29 is 9.47 Å². The predicted octanol–water partition coefficient (Wildman–Crippen LogP) is 3.54. The Bertz CT molecular complexity index is 443. The first kappa shape index (κ1) is 15.2. The summed E-state index contributed by atoms with van der Waals surface area (Å²) in [7, 11) is 0. The zero-order valence-corrected chi connectivity index (χ0v) is 13.2. The molecule has 0 aliphatic carbocycles. The fourth-order valence-corrected chi connectivity index (χ4v) is 2.52. The van der Waals surface area contributed by atoms with Crippen molar-refractivity contribution in [1.82, 2.24) is 5.32 Å². The molecule has 0 amide bonds. The molecule has 1 atom stereocenters. The average Bonchev–Trinajstić information content (AvgIpc) is 2.74. The molecule has 1 heterocycles. The highest BCUT2D eigenvalue weighted by Gasteiger charge is 2.21. The second kappa shape index (κ2) is 6.98. The summed E-state index contributed by atoms with van der Waals surface area (Å²) in [4.78, 5) is 0. The van der Waals surface area contributed by atoms with Gasteiger partial charge >= 0.3 is 0 Å². The molecule has 1 aromatic carbocycles. The molecule has 2 rings (SSSR count). The van der Waals surface area contributed by atoms with E-state index in [4.69, 9.17) is 9.47 Å². The molecule has 0 bridgehead atoms. The van der Waals surface area contributed by atoms with Crippen molar-refractivity contribution in [2.75, 3.05) is 13.2 Å². The third kappa shape index (κ3) is 3.89. The number of hydrogen-bond acceptors (Lipinski definition) is 3. The van der Waals surface area contributed by atoms with Gasteiger partial charge in [0.1, 0.15) is 17.6 Å². The molecular weight excluding hydrogens is 250 g/mol. The van der Waals surface area contributed by atoms with Crippen molar-refractivity contribution in [3.63, 3.8) is 0 Å². The van der Waals surface area contributed by atoms with Gasteiger partial charge in [0.05, 0.1) is 6.61 Å². The zero-order chi connectivity index (χ0) is 14.5. The Kier molecular flexibility index (Phi) is 5.30. The van der Waals surface area contributed by atoms with E-state index in [2.05, 4.69) is 38.2 Å². The Balaban J connectivity index is 2.04. The Hall–Kier alpha value is -1.22. The monoisotopic (exact) mass is 277 g/mol. The van der Waals surface area contributed by atoms with Crippen LogP contribution in [-0.4, -0.2) is 19.3 Å². The van der Waals surface area contributed by atoms with Gasteiger partial charge in [0.2, 0.25) is 0 Å². The summed E-state index contributed by atoms with van der Waals surface area (Å²) in [5.74, 6) is 2.76.